The monoisotopic (exact) mass is 236 g/mol. The summed E-state index contributed by atoms with van der Waals surface area (Å²) in [6.45, 7) is 4.83. The van der Waals surface area contributed by atoms with Gasteiger partial charge in [0.1, 0.15) is 12.0 Å². The second-order valence-electron chi connectivity index (χ2n) is 4.79. The molecule has 1 aromatic rings. The first-order valence-electron chi connectivity index (χ1n) is 6.18. The molecule has 1 fully saturated rings. The predicted octanol–water partition coefficient (Wildman–Crippen LogP) is 2.06. The molecule has 0 saturated heterocycles. The zero-order chi connectivity index (χ0) is 12.3. The highest BCUT2D eigenvalue weighted by molar-refractivity contribution is 5.66. The third-order valence-corrected chi connectivity index (χ3v) is 2.98. The summed E-state index contributed by atoms with van der Waals surface area (Å²) in [6, 6.07) is 0. The summed E-state index contributed by atoms with van der Waals surface area (Å²) < 4.78 is 5.52. The van der Waals surface area contributed by atoms with Gasteiger partial charge < -0.3 is 15.8 Å². The molecule has 0 amide bonds. The van der Waals surface area contributed by atoms with Gasteiger partial charge in [0.2, 0.25) is 5.88 Å². The number of nitrogens with two attached hydrogens (primary N) is 1. The molecule has 5 nitrogen and oxygen atoms in total. The lowest BCUT2D eigenvalue weighted by molar-refractivity contribution is 0.234. The van der Waals surface area contributed by atoms with Crippen LogP contribution in [0.4, 0.5) is 11.5 Å². The minimum atomic E-state index is 0.0617. The van der Waals surface area contributed by atoms with E-state index in [2.05, 4.69) is 15.3 Å². The van der Waals surface area contributed by atoms with Gasteiger partial charge in [0.05, 0.1) is 6.10 Å². The average Bonchev–Trinajstić information content (AvgIpc) is 2.20. The van der Waals surface area contributed by atoms with Crippen molar-refractivity contribution >= 4 is 11.5 Å². The van der Waals surface area contributed by atoms with Crippen molar-refractivity contribution in [2.75, 3.05) is 17.6 Å². The van der Waals surface area contributed by atoms with Crippen LogP contribution >= 0.6 is 0 Å². The zero-order valence-corrected chi connectivity index (χ0v) is 10.4. The molecular formula is C12H20N4O. The van der Waals surface area contributed by atoms with Crippen LogP contribution in [-0.4, -0.2) is 22.6 Å². The second-order valence-corrected chi connectivity index (χ2v) is 4.79. The van der Waals surface area contributed by atoms with Gasteiger partial charge in [0, 0.05) is 6.54 Å². The number of nitrogen functional groups attached to an aromatic ring is 1. The lowest BCUT2D eigenvalue weighted by Crippen LogP contribution is -2.22. The van der Waals surface area contributed by atoms with Crippen molar-refractivity contribution in [3.8, 4) is 5.88 Å². The van der Waals surface area contributed by atoms with Crippen molar-refractivity contribution in [2.45, 2.75) is 39.2 Å². The van der Waals surface area contributed by atoms with Crippen molar-refractivity contribution in [1.82, 2.24) is 9.97 Å². The van der Waals surface area contributed by atoms with E-state index in [1.165, 1.54) is 25.6 Å². The van der Waals surface area contributed by atoms with Crippen LogP contribution in [-0.2, 0) is 0 Å². The molecule has 17 heavy (non-hydrogen) atoms. The molecular weight excluding hydrogens is 216 g/mol. The number of rotatable bonds is 5. The molecule has 0 unspecified atom stereocenters. The summed E-state index contributed by atoms with van der Waals surface area (Å²) in [4.78, 5) is 8.19. The fourth-order valence-corrected chi connectivity index (χ4v) is 1.78. The maximum Gasteiger partial charge on any atom is 0.242 e. The van der Waals surface area contributed by atoms with Gasteiger partial charge in [-0.15, -0.1) is 0 Å². The molecule has 3 N–H and O–H groups in total. The van der Waals surface area contributed by atoms with Crippen LogP contribution in [0.15, 0.2) is 6.33 Å². The molecule has 1 saturated carbocycles. The van der Waals surface area contributed by atoms with Crippen LogP contribution in [0.5, 0.6) is 5.88 Å². The maximum atomic E-state index is 5.96. The van der Waals surface area contributed by atoms with Gasteiger partial charge in [-0.3, -0.25) is 0 Å². The maximum absolute atomic E-state index is 5.96. The lowest BCUT2D eigenvalue weighted by atomic mass is 9.85. The number of nitrogens with zero attached hydrogens (tertiary/aromatic N) is 2. The van der Waals surface area contributed by atoms with E-state index in [1.54, 1.807) is 0 Å². The zero-order valence-electron chi connectivity index (χ0n) is 10.4. The largest absolute Gasteiger partial charge is 0.473 e. The van der Waals surface area contributed by atoms with Gasteiger partial charge in [-0.05, 0) is 32.6 Å². The predicted molar refractivity (Wildman–Crippen MR) is 68.0 cm³/mol. The molecule has 0 bridgehead atoms. The van der Waals surface area contributed by atoms with Crippen LogP contribution in [0.1, 0.15) is 33.1 Å². The Balaban J connectivity index is 2.00. The molecule has 1 aliphatic rings. The highest BCUT2D eigenvalue weighted by atomic mass is 16.5. The third-order valence-electron chi connectivity index (χ3n) is 2.98. The Labute approximate surface area is 102 Å². The standard InChI is InChI=1S/C12H20N4O/c1-8(2)17-12-10(13)11(15-7-16-12)14-6-9-4-3-5-9/h7-9H,3-6,13H2,1-2H3,(H,14,15,16). The normalized spacial score (nSPS) is 15.7. The van der Waals surface area contributed by atoms with E-state index in [4.69, 9.17) is 10.5 Å². The van der Waals surface area contributed by atoms with Gasteiger partial charge in [0.15, 0.2) is 5.82 Å². The SMILES string of the molecule is CC(C)Oc1ncnc(NCC2CCC2)c1N. The first-order valence-corrected chi connectivity index (χ1v) is 6.18. The molecule has 0 atom stereocenters. The first kappa shape index (κ1) is 12.0. The lowest BCUT2D eigenvalue weighted by Gasteiger charge is -2.25. The molecule has 1 aliphatic carbocycles. The van der Waals surface area contributed by atoms with Gasteiger partial charge in [-0.2, -0.15) is 4.98 Å². The summed E-state index contributed by atoms with van der Waals surface area (Å²) in [5.74, 6) is 1.91. The van der Waals surface area contributed by atoms with E-state index < -0.39 is 0 Å². The van der Waals surface area contributed by atoms with Crippen LogP contribution in [0, 0.1) is 5.92 Å². The van der Waals surface area contributed by atoms with E-state index in [-0.39, 0.29) is 6.10 Å². The number of anilines is 2. The van der Waals surface area contributed by atoms with Crippen molar-refractivity contribution in [3.63, 3.8) is 0 Å². The molecule has 5 heteroatoms. The Kier molecular flexibility index (Phi) is 3.66. The van der Waals surface area contributed by atoms with Crippen molar-refractivity contribution < 1.29 is 4.74 Å². The van der Waals surface area contributed by atoms with Gasteiger partial charge in [0.25, 0.3) is 0 Å². The Bertz CT molecular complexity index is 377. The Morgan fingerprint density at radius 3 is 2.82 bits per heavy atom. The second kappa shape index (κ2) is 5.21. The van der Waals surface area contributed by atoms with Gasteiger partial charge in [-0.1, -0.05) is 6.42 Å². The highest BCUT2D eigenvalue weighted by Crippen LogP contribution is 2.29. The van der Waals surface area contributed by atoms with Gasteiger partial charge >= 0.3 is 0 Å². The molecule has 0 radical (unpaired) electrons. The van der Waals surface area contributed by atoms with E-state index in [9.17, 15) is 0 Å². The van der Waals surface area contributed by atoms with Crippen molar-refractivity contribution in [1.29, 1.82) is 0 Å². The van der Waals surface area contributed by atoms with E-state index >= 15 is 0 Å². The summed E-state index contributed by atoms with van der Waals surface area (Å²) in [5.41, 5.74) is 6.47. The first-order chi connectivity index (χ1) is 8.16. The highest BCUT2D eigenvalue weighted by Gasteiger charge is 2.18. The molecule has 0 spiro atoms. The molecule has 1 heterocycles. The smallest absolute Gasteiger partial charge is 0.242 e. The summed E-state index contributed by atoms with van der Waals surface area (Å²) in [7, 11) is 0. The summed E-state index contributed by atoms with van der Waals surface area (Å²) >= 11 is 0. The van der Waals surface area contributed by atoms with E-state index in [1.807, 2.05) is 13.8 Å². The minimum absolute atomic E-state index is 0.0617. The fraction of sp³-hybridized carbons (Fsp3) is 0.667. The topological polar surface area (TPSA) is 73.1 Å². The van der Waals surface area contributed by atoms with Crippen LogP contribution < -0.4 is 15.8 Å². The third kappa shape index (κ3) is 2.99. The van der Waals surface area contributed by atoms with E-state index in [0.29, 0.717) is 17.4 Å². The molecule has 94 valence electrons. The number of ether oxygens (including phenoxy) is 1. The summed E-state index contributed by atoms with van der Waals surface area (Å²) in [5, 5.41) is 3.27. The Morgan fingerprint density at radius 2 is 2.24 bits per heavy atom. The molecule has 2 rings (SSSR count). The number of hydrogen-bond donors (Lipinski definition) is 2. The van der Waals surface area contributed by atoms with Gasteiger partial charge in [-0.25, -0.2) is 4.98 Å². The Morgan fingerprint density at radius 1 is 1.47 bits per heavy atom. The molecule has 0 aliphatic heterocycles. The van der Waals surface area contributed by atoms with Crippen molar-refractivity contribution in [3.05, 3.63) is 6.33 Å². The summed E-state index contributed by atoms with van der Waals surface area (Å²) in [6.07, 6.45) is 5.48. The van der Waals surface area contributed by atoms with Crippen LogP contribution in [0.25, 0.3) is 0 Å². The van der Waals surface area contributed by atoms with Crippen molar-refractivity contribution in [2.24, 2.45) is 5.92 Å². The fourth-order valence-electron chi connectivity index (χ4n) is 1.78. The average molecular weight is 236 g/mol. The molecule has 0 aromatic carbocycles. The number of nitrogens with one attached hydrogen (secondary N) is 1. The quantitative estimate of drug-likeness (QED) is 0.818. The van der Waals surface area contributed by atoms with E-state index in [0.717, 1.165) is 12.5 Å². The molecule has 1 aromatic heterocycles. The minimum Gasteiger partial charge on any atom is -0.473 e. The van der Waals surface area contributed by atoms with Crippen LogP contribution in [0.3, 0.4) is 0 Å². The number of aromatic nitrogens is 2. The Hall–Kier alpha value is -1.52. The number of hydrogen-bond acceptors (Lipinski definition) is 5. The van der Waals surface area contributed by atoms with Crippen LogP contribution in [0.2, 0.25) is 0 Å².